The van der Waals surface area contributed by atoms with Gasteiger partial charge in [0.2, 0.25) is 5.88 Å². The van der Waals surface area contributed by atoms with Gasteiger partial charge in [-0.3, -0.25) is 4.98 Å². The zero-order chi connectivity index (χ0) is 14.2. The van der Waals surface area contributed by atoms with E-state index in [4.69, 9.17) is 9.47 Å². The van der Waals surface area contributed by atoms with Gasteiger partial charge in [-0.25, -0.2) is 4.98 Å². The third-order valence-electron chi connectivity index (χ3n) is 2.56. The largest absolute Gasteiger partial charge is 0.494 e. The van der Waals surface area contributed by atoms with E-state index in [1.165, 1.54) is 0 Å². The van der Waals surface area contributed by atoms with Crippen LogP contribution in [-0.4, -0.2) is 23.1 Å². The maximum atomic E-state index is 5.70. The summed E-state index contributed by atoms with van der Waals surface area (Å²) >= 11 is 0. The number of hydrogen-bond donors (Lipinski definition) is 1. The Kier molecular flexibility index (Phi) is 5.32. The summed E-state index contributed by atoms with van der Waals surface area (Å²) < 4.78 is 11.1. The molecule has 0 aliphatic rings. The van der Waals surface area contributed by atoms with Gasteiger partial charge in [-0.1, -0.05) is 13.0 Å². The molecule has 0 amide bonds. The van der Waals surface area contributed by atoms with E-state index in [2.05, 4.69) is 15.3 Å². The first-order valence-electron chi connectivity index (χ1n) is 6.74. The average Bonchev–Trinajstić information content (AvgIpc) is 2.46. The fourth-order valence-electron chi connectivity index (χ4n) is 1.69. The Bertz CT molecular complexity index is 546. The van der Waals surface area contributed by atoms with E-state index in [0.717, 1.165) is 18.0 Å². The highest BCUT2D eigenvalue weighted by Gasteiger charge is 2.03. The van der Waals surface area contributed by atoms with E-state index in [1.807, 2.05) is 38.1 Å². The highest BCUT2D eigenvalue weighted by atomic mass is 16.5. The van der Waals surface area contributed by atoms with E-state index in [-0.39, 0.29) is 0 Å². The smallest absolute Gasteiger partial charge is 0.238 e. The first kappa shape index (κ1) is 14.3. The first-order chi connectivity index (χ1) is 9.81. The molecule has 0 bridgehead atoms. The van der Waals surface area contributed by atoms with Gasteiger partial charge in [0, 0.05) is 18.8 Å². The molecule has 0 spiro atoms. The summed E-state index contributed by atoms with van der Waals surface area (Å²) in [4.78, 5) is 8.53. The van der Waals surface area contributed by atoms with E-state index in [1.54, 1.807) is 12.4 Å². The summed E-state index contributed by atoms with van der Waals surface area (Å²) in [6.45, 7) is 6.19. The monoisotopic (exact) mass is 273 g/mol. The Morgan fingerprint density at radius 2 is 2.00 bits per heavy atom. The number of hydrogen-bond acceptors (Lipinski definition) is 5. The third kappa shape index (κ3) is 4.20. The normalized spacial score (nSPS) is 10.3. The van der Waals surface area contributed by atoms with Crippen LogP contribution in [0.5, 0.6) is 17.4 Å². The molecule has 0 atom stereocenters. The van der Waals surface area contributed by atoms with Crippen LogP contribution < -0.4 is 14.8 Å². The van der Waals surface area contributed by atoms with Crippen molar-refractivity contribution >= 4 is 0 Å². The van der Waals surface area contributed by atoms with Gasteiger partial charge in [0.1, 0.15) is 11.5 Å². The summed E-state index contributed by atoms with van der Waals surface area (Å²) in [5.74, 6) is 1.95. The van der Waals surface area contributed by atoms with Gasteiger partial charge in [-0.05, 0) is 25.6 Å². The summed E-state index contributed by atoms with van der Waals surface area (Å²) in [5.41, 5.74) is 0.852. The second-order valence-electron chi connectivity index (χ2n) is 4.14. The van der Waals surface area contributed by atoms with Crippen molar-refractivity contribution in [1.29, 1.82) is 0 Å². The molecule has 0 saturated carbocycles. The predicted octanol–water partition coefficient (Wildman–Crippen LogP) is 2.78. The molecule has 2 rings (SSSR count). The number of benzene rings is 1. The van der Waals surface area contributed by atoms with Crippen molar-refractivity contribution < 1.29 is 9.47 Å². The van der Waals surface area contributed by atoms with Gasteiger partial charge in [0.15, 0.2) is 0 Å². The SMILES string of the molecule is CCNCc1cncc(Oc2cccc(OCC)c2)n1. The Labute approximate surface area is 119 Å². The summed E-state index contributed by atoms with van der Waals surface area (Å²) in [5, 5.41) is 3.20. The standard InChI is InChI=1S/C15H19N3O2/c1-3-16-9-12-10-17-11-15(18-12)20-14-7-5-6-13(8-14)19-4-2/h5-8,10-11,16H,3-4,9H2,1-2H3. The zero-order valence-electron chi connectivity index (χ0n) is 11.8. The molecule has 0 radical (unpaired) electrons. The van der Waals surface area contributed by atoms with E-state index >= 15 is 0 Å². The minimum Gasteiger partial charge on any atom is -0.494 e. The van der Waals surface area contributed by atoms with Crippen LogP contribution >= 0.6 is 0 Å². The second-order valence-corrected chi connectivity index (χ2v) is 4.14. The zero-order valence-corrected chi connectivity index (χ0v) is 11.8. The van der Waals surface area contributed by atoms with E-state index in [9.17, 15) is 0 Å². The second kappa shape index (κ2) is 7.45. The van der Waals surface area contributed by atoms with Crippen molar-refractivity contribution in [2.75, 3.05) is 13.2 Å². The van der Waals surface area contributed by atoms with Crippen LogP contribution in [0.4, 0.5) is 0 Å². The lowest BCUT2D eigenvalue weighted by Gasteiger charge is -2.08. The fraction of sp³-hybridized carbons (Fsp3) is 0.333. The molecular weight excluding hydrogens is 254 g/mol. The van der Waals surface area contributed by atoms with Crippen LogP contribution in [0.15, 0.2) is 36.7 Å². The molecule has 20 heavy (non-hydrogen) atoms. The molecule has 5 nitrogen and oxygen atoms in total. The van der Waals surface area contributed by atoms with Crippen molar-refractivity contribution in [2.24, 2.45) is 0 Å². The van der Waals surface area contributed by atoms with Crippen molar-refractivity contribution in [3.63, 3.8) is 0 Å². The van der Waals surface area contributed by atoms with Gasteiger partial charge >= 0.3 is 0 Å². The van der Waals surface area contributed by atoms with Crippen LogP contribution in [0, 0.1) is 0 Å². The van der Waals surface area contributed by atoms with Gasteiger partial charge in [-0.15, -0.1) is 0 Å². The van der Waals surface area contributed by atoms with Crippen LogP contribution in [0.1, 0.15) is 19.5 Å². The molecule has 106 valence electrons. The minimum absolute atomic E-state index is 0.481. The molecule has 1 aromatic heterocycles. The lowest BCUT2D eigenvalue weighted by atomic mass is 10.3. The molecule has 2 aromatic rings. The number of nitrogens with one attached hydrogen (secondary N) is 1. The van der Waals surface area contributed by atoms with Gasteiger partial charge in [-0.2, -0.15) is 0 Å². The van der Waals surface area contributed by atoms with Gasteiger partial charge < -0.3 is 14.8 Å². The average molecular weight is 273 g/mol. The summed E-state index contributed by atoms with van der Waals surface area (Å²) in [6, 6.07) is 7.48. The topological polar surface area (TPSA) is 56.3 Å². The Morgan fingerprint density at radius 3 is 2.80 bits per heavy atom. The number of aromatic nitrogens is 2. The van der Waals surface area contributed by atoms with Crippen molar-refractivity contribution in [3.8, 4) is 17.4 Å². The molecule has 0 saturated heterocycles. The molecule has 5 heteroatoms. The quantitative estimate of drug-likeness (QED) is 0.840. The Hall–Kier alpha value is -2.14. The van der Waals surface area contributed by atoms with Crippen LogP contribution in [0.3, 0.4) is 0 Å². The predicted molar refractivity (Wildman–Crippen MR) is 77.1 cm³/mol. The maximum Gasteiger partial charge on any atom is 0.238 e. The van der Waals surface area contributed by atoms with E-state index < -0.39 is 0 Å². The van der Waals surface area contributed by atoms with Crippen LogP contribution in [0.2, 0.25) is 0 Å². The molecule has 1 N–H and O–H groups in total. The molecule has 0 aliphatic heterocycles. The Morgan fingerprint density at radius 1 is 1.15 bits per heavy atom. The highest BCUT2D eigenvalue weighted by Crippen LogP contribution is 2.23. The molecular formula is C15H19N3O2. The van der Waals surface area contributed by atoms with Crippen molar-refractivity contribution in [1.82, 2.24) is 15.3 Å². The van der Waals surface area contributed by atoms with Gasteiger partial charge in [0.25, 0.3) is 0 Å². The fourth-order valence-corrected chi connectivity index (χ4v) is 1.69. The highest BCUT2D eigenvalue weighted by molar-refractivity contribution is 5.34. The van der Waals surface area contributed by atoms with E-state index in [0.29, 0.717) is 24.8 Å². The van der Waals surface area contributed by atoms with Crippen molar-refractivity contribution in [3.05, 3.63) is 42.4 Å². The molecule has 1 heterocycles. The van der Waals surface area contributed by atoms with Crippen LogP contribution in [-0.2, 0) is 6.54 Å². The molecule has 0 aliphatic carbocycles. The first-order valence-corrected chi connectivity index (χ1v) is 6.74. The molecule has 0 fully saturated rings. The van der Waals surface area contributed by atoms with Crippen LogP contribution in [0.25, 0.3) is 0 Å². The number of nitrogens with zero attached hydrogens (tertiary/aromatic N) is 2. The summed E-state index contributed by atoms with van der Waals surface area (Å²) in [6.07, 6.45) is 3.33. The van der Waals surface area contributed by atoms with Crippen molar-refractivity contribution in [2.45, 2.75) is 20.4 Å². The molecule has 1 aromatic carbocycles. The lowest BCUT2D eigenvalue weighted by molar-refractivity contribution is 0.338. The maximum absolute atomic E-state index is 5.70. The third-order valence-corrected chi connectivity index (χ3v) is 2.56. The number of rotatable bonds is 7. The number of ether oxygens (including phenoxy) is 2. The minimum atomic E-state index is 0.481. The van der Waals surface area contributed by atoms with Gasteiger partial charge in [0.05, 0.1) is 18.5 Å². The summed E-state index contributed by atoms with van der Waals surface area (Å²) in [7, 11) is 0. The Balaban J connectivity index is 2.07. The lowest BCUT2D eigenvalue weighted by Crippen LogP contribution is -2.13. The molecule has 0 unspecified atom stereocenters.